The molecule has 0 rings (SSSR count). The minimum Gasteiger partial charge on any atom is -0.272 e. The average molecular weight is 152 g/mol. The lowest BCUT2D eigenvalue weighted by Crippen LogP contribution is -2.05. The number of hydrogen-bond acceptors (Lipinski definition) is 3. The Bertz CT molecular complexity index is 92.2. The van der Waals surface area contributed by atoms with Gasteiger partial charge in [0.1, 0.15) is 0 Å². The Kier molecular flexibility index (Phi) is 4.94. The van der Waals surface area contributed by atoms with Gasteiger partial charge in [0, 0.05) is 0 Å². The van der Waals surface area contributed by atoms with Crippen molar-refractivity contribution in [3.63, 3.8) is 0 Å². The molecule has 56 valence electrons. The van der Waals surface area contributed by atoms with E-state index in [2.05, 4.69) is 4.18 Å². The maximum atomic E-state index is 10.4. The van der Waals surface area contributed by atoms with Gasteiger partial charge in [-0.1, -0.05) is 13.8 Å². The summed E-state index contributed by atoms with van der Waals surface area (Å²) >= 11 is -1.55. The summed E-state index contributed by atoms with van der Waals surface area (Å²) in [5.74, 6) is 0.393. The highest BCUT2D eigenvalue weighted by Gasteiger charge is 1.98. The zero-order valence-corrected chi connectivity index (χ0v) is 6.73. The molecule has 0 aliphatic carbocycles. The van der Waals surface area contributed by atoms with Crippen LogP contribution < -0.4 is 0 Å². The molecule has 4 heteroatoms. The summed E-state index contributed by atoms with van der Waals surface area (Å²) in [6.45, 7) is 4.43. The molecule has 0 N–H and O–H groups in total. The highest BCUT2D eigenvalue weighted by Crippen LogP contribution is 1.94. The van der Waals surface area contributed by atoms with Crippen molar-refractivity contribution in [1.29, 1.82) is 0 Å². The molecular weight excluding hydrogens is 140 g/mol. The third-order valence-corrected chi connectivity index (χ3v) is 1.23. The Morgan fingerprint density at radius 3 is 2.44 bits per heavy atom. The topological polar surface area (TPSA) is 35.5 Å². The van der Waals surface area contributed by atoms with E-state index in [0.717, 1.165) is 0 Å². The fourth-order valence-corrected chi connectivity index (χ4v) is 0.719. The molecule has 0 aromatic heterocycles. The van der Waals surface area contributed by atoms with Crippen molar-refractivity contribution < 1.29 is 12.6 Å². The molecule has 0 saturated heterocycles. The van der Waals surface area contributed by atoms with Crippen LogP contribution in [0.5, 0.6) is 0 Å². The summed E-state index contributed by atoms with van der Waals surface area (Å²) in [6.07, 6.45) is 0. The maximum absolute atomic E-state index is 10.4. The van der Waals surface area contributed by atoms with E-state index in [0.29, 0.717) is 12.5 Å². The van der Waals surface area contributed by atoms with Crippen molar-refractivity contribution >= 4 is 11.4 Å². The molecule has 0 spiro atoms. The quantitative estimate of drug-likeness (QED) is 0.600. The monoisotopic (exact) mass is 152 g/mol. The van der Waals surface area contributed by atoms with E-state index in [4.69, 9.17) is 4.18 Å². The summed E-state index contributed by atoms with van der Waals surface area (Å²) in [5, 5.41) is 0. The Morgan fingerprint density at radius 1 is 1.56 bits per heavy atom. The van der Waals surface area contributed by atoms with Gasteiger partial charge < -0.3 is 0 Å². The zero-order valence-electron chi connectivity index (χ0n) is 5.92. The second-order valence-corrected chi connectivity index (χ2v) is 3.03. The van der Waals surface area contributed by atoms with Gasteiger partial charge in [-0.2, -0.15) is 4.21 Å². The average Bonchev–Trinajstić information content (AvgIpc) is 1.83. The third kappa shape index (κ3) is 5.95. The van der Waals surface area contributed by atoms with Gasteiger partial charge in [0.2, 0.25) is 0 Å². The van der Waals surface area contributed by atoms with Crippen molar-refractivity contribution in [2.75, 3.05) is 13.7 Å². The first kappa shape index (κ1) is 9.07. The van der Waals surface area contributed by atoms with Crippen LogP contribution in [0, 0.1) is 5.92 Å². The predicted octanol–water partition coefficient (Wildman–Crippen LogP) is 0.884. The van der Waals surface area contributed by atoms with Crippen LogP contribution in [0.25, 0.3) is 0 Å². The van der Waals surface area contributed by atoms with Gasteiger partial charge in [0.15, 0.2) is 0 Å². The normalized spacial score (nSPS) is 14.2. The van der Waals surface area contributed by atoms with E-state index in [9.17, 15) is 4.21 Å². The molecule has 9 heavy (non-hydrogen) atoms. The summed E-state index contributed by atoms with van der Waals surface area (Å²) < 4.78 is 19.4. The number of rotatable bonds is 4. The van der Waals surface area contributed by atoms with Crippen LogP contribution in [0.4, 0.5) is 0 Å². The second-order valence-electron chi connectivity index (χ2n) is 2.05. The van der Waals surface area contributed by atoms with Gasteiger partial charge in [-0.3, -0.25) is 8.37 Å². The van der Waals surface area contributed by atoms with Crippen molar-refractivity contribution in [3.8, 4) is 0 Å². The SMILES string of the molecule is COS(=O)OCC(C)C. The van der Waals surface area contributed by atoms with E-state index < -0.39 is 11.4 Å². The van der Waals surface area contributed by atoms with Crippen LogP contribution in [0.2, 0.25) is 0 Å². The minimum atomic E-state index is -1.55. The largest absolute Gasteiger partial charge is 0.304 e. The molecule has 1 atom stereocenters. The van der Waals surface area contributed by atoms with Crippen LogP contribution in [-0.2, 0) is 19.7 Å². The van der Waals surface area contributed by atoms with Gasteiger partial charge in [-0.15, -0.1) is 0 Å². The summed E-state index contributed by atoms with van der Waals surface area (Å²) in [6, 6.07) is 0. The van der Waals surface area contributed by atoms with Crippen molar-refractivity contribution in [3.05, 3.63) is 0 Å². The van der Waals surface area contributed by atoms with Crippen LogP contribution >= 0.6 is 0 Å². The van der Waals surface area contributed by atoms with E-state index in [1.807, 2.05) is 13.8 Å². The third-order valence-electron chi connectivity index (χ3n) is 0.634. The van der Waals surface area contributed by atoms with Gasteiger partial charge in [-0.25, -0.2) is 0 Å². The van der Waals surface area contributed by atoms with E-state index in [1.165, 1.54) is 7.11 Å². The first-order valence-corrected chi connectivity index (χ1v) is 3.76. The Labute approximate surface area is 58.2 Å². The van der Waals surface area contributed by atoms with Crippen LogP contribution in [-0.4, -0.2) is 17.9 Å². The summed E-state index contributed by atoms with van der Waals surface area (Å²) in [4.78, 5) is 0. The van der Waals surface area contributed by atoms with Gasteiger partial charge >= 0.3 is 11.4 Å². The molecule has 0 aromatic rings. The first-order chi connectivity index (χ1) is 4.16. The maximum Gasteiger partial charge on any atom is 0.304 e. The number of hydrogen-bond donors (Lipinski definition) is 0. The highest BCUT2D eigenvalue weighted by atomic mass is 32.2. The molecular formula is C5H12O3S. The van der Waals surface area contributed by atoms with Gasteiger partial charge in [0.25, 0.3) is 0 Å². The lowest BCUT2D eigenvalue weighted by atomic mass is 10.2. The standard InChI is InChI=1S/C5H12O3S/c1-5(2)4-8-9(6)7-3/h5H,4H2,1-3H3. The summed E-state index contributed by atoms with van der Waals surface area (Å²) in [7, 11) is 1.34. The highest BCUT2D eigenvalue weighted by molar-refractivity contribution is 7.75. The Hall–Kier alpha value is 0.0700. The summed E-state index contributed by atoms with van der Waals surface area (Å²) in [5.41, 5.74) is 0. The second kappa shape index (κ2) is 4.90. The molecule has 0 aliphatic heterocycles. The van der Waals surface area contributed by atoms with Crippen molar-refractivity contribution in [2.24, 2.45) is 5.92 Å². The Balaban J connectivity index is 3.17. The first-order valence-electron chi connectivity index (χ1n) is 2.76. The predicted molar refractivity (Wildman–Crippen MR) is 35.9 cm³/mol. The molecule has 0 aromatic carbocycles. The van der Waals surface area contributed by atoms with Gasteiger partial charge in [0.05, 0.1) is 13.7 Å². The zero-order chi connectivity index (χ0) is 7.28. The van der Waals surface area contributed by atoms with Crippen LogP contribution in [0.15, 0.2) is 0 Å². The van der Waals surface area contributed by atoms with Crippen molar-refractivity contribution in [1.82, 2.24) is 0 Å². The Morgan fingerprint density at radius 2 is 2.11 bits per heavy atom. The fraction of sp³-hybridized carbons (Fsp3) is 1.00. The molecule has 1 unspecified atom stereocenters. The lowest BCUT2D eigenvalue weighted by molar-refractivity contribution is 0.250. The molecule has 0 fully saturated rings. The molecule has 0 aliphatic rings. The van der Waals surface area contributed by atoms with E-state index in [1.54, 1.807) is 0 Å². The van der Waals surface area contributed by atoms with Crippen LogP contribution in [0.3, 0.4) is 0 Å². The molecule has 0 heterocycles. The van der Waals surface area contributed by atoms with E-state index in [-0.39, 0.29) is 0 Å². The molecule has 0 radical (unpaired) electrons. The lowest BCUT2D eigenvalue weighted by Gasteiger charge is -2.01. The molecule has 0 saturated carbocycles. The van der Waals surface area contributed by atoms with E-state index >= 15 is 0 Å². The smallest absolute Gasteiger partial charge is 0.272 e. The molecule has 0 amide bonds. The molecule has 3 nitrogen and oxygen atoms in total. The van der Waals surface area contributed by atoms with Crippen LogP contribution in [0.1, 0.15) is 13.8 Å². The van der Waals surface area contributed by atoms with Gasteiger partial charge in [-0.05, 0) is 5.92 Å². The molecule has 0 bridgehead atoms. The minimum absolute atomic E-state index is 0.393. The van der Waals surface area contributed by atoms with Crippen molar-refractivity contribution in [2.45, 2.75) is 13.8 Å². The fourth-order valence-electron chi connectivity index (χ4n) is 0.240.